The molecule has 7 heteroatoms. The minimum absolute atomic E-state index is 0.0746. The van der Waals surface area contributed by atoms with Crippen LogP contribution in [0, 0.1) is 0 Å². The smallest absolute Gasteiger partial charge is 0.272 e. The molecule has 0 saturated carbocycles. The molecule has 1 aliphatic rings. The highest BCUT2D eigenvalue weighted by molar-refractivity contribution is 7.09. The highest BCUT2D eigenvalue weighted by Crippen LogP contribution is 2.26. The maximum Gasteiger partial charge on any atom is 0.272 e. The highest BCUT2D eigenvalue weighted by Gasteiger charge is 2.23. The summed E-state index contributed by atoms with van der Waals surface area (Å²) in [5.41, 5.74) is 1.90. The van der Waals surface area contributed by atoms with E-state index in [0.29, 0.717) is 5.69 Å². The molecule has 3 heterocycles. The summed E-state index contributed by atoms with van der Waals surface area (Å²) >= 11 is 1.74. The summed E-state index contributed by atoms with van der Waals surface area (Å²) in [6, 6.07) is 1.79. The topological polar surface area (TPSA) is 54.3 Å². The van der Waals surface area contributed by atoms with Crippen molar-refractivity contribution in [3.05, 3.63) is 34.0 Å². The van der Waals surface area contributed by atoms with Gasteiger partial charge in [0.05, 0.1) is 10.7 Å². The molecule has 1 fully saturated rings. The van der Waals surface area contributed by atoms with Gasteiger partial charge in [0.25, 0.3) is 5.91 Å². The minimum Gasteiger partial charge on any atom is -0.336 e. The molecule has 1 amide bonds. The van der Waals surface area contributed by atoms with E-state index in [4.69, 9.17) is 4.98 Å². The van der Waals surface area contributed by atoms with Gasteiger partial charge in [-0.3, -0.25) is 14.4 Å². The van der Waals surface area contributed by atoms with E-state index in [1.54, 1.807) is 28.3 Å². The molecule has 2 aromatic rings. The first kappa shape index (κ1) is 18.1. The number of hydrogen-bond acceptors (Lipinski definition) is 5. The monoisotopic (exact) mass is 361 g/mol. The number of nitrogens with zero attached hydrogens (tertiary/aromatic N) is 5. The van der Waals surface area contributed by atoms with Crippen molar-refractivity contribution in [1.82, 2.24) is 24.6 Å². The van der Waals surface area contributed by atoms with Crippen LogP contribution in [0.15, 0.2) is 17.6 Å². The van der Waals surface area contributed by atoms with Crippen molar-refractivity contribution in [2.24, 2.45) is 7.05 Å². The number of carbonyl (C=O) groups is 1. The Morgan fingerprint density at radius 3 is 2.68 bits per heavy atom. The number of aromatic nitrogens is 3. The first-order valence-electron chi connectivity index (χ1n) is 8.79. The van der Waals surface area contributed by atoms with Gasteiger partial charge in [-0.05, 0) is 12.5 Å². The second-order valence-corrected chi connectivity index (χ2v) is 8.51. The van der Waals surface area contributed by atoms with Crippen molar-refractivity contribution in [3.63, 3.8) is 0 Å². The summed E-state index contributed by atoms with van der Waals surface area (Å²) in [5, 5.41) is 7.46. The predicted octanol–water partition coefficient (Wildman–Crippen LogP) is 2.52. The third-order valence-corrected chi connectivity index (χ3v) is 5.81. The normalized spacial score (nSPS) is 16.9. The van der Waals surface area contributed by atoms with E-state index in [1.807, 2.05) is 11.9 Å². The molecule has 1 saturated heterocycles. The van der Waals surface area contributed by atoms with Gasteiger partial charge in [0.15, 0.2) is 0 Å². The van der Waals surface area contributed by atoms with Crippen molar-refractivity contribution in [3.8, 4) is 0 Å². The van der Waals surface area contributed by atoms with Gasteiger partial charge in [0.1, 0.15) is 5.69 Å². The molecule has 0 radical (unpaired) electrons. The van der Waals surface area contributed by atoms with Gasteiger partial charge in [-0.1, -0.05) is 20.8 Å². The van der Waals surface area contributed by atoms with Crippen molar-refractivity contribution >= 4 is 17.2 Å². The molecule has 1 aliphatic heterocycles. The van der Waals surface area contributed by atoms with Gasteiger partial charge in [0, 0.05) is 56.8 Å². The zero-order valence-electron chi connectivity index (χ0n) is 15.5. The molecule has 136 valence electrons. The molecule has 0 aliphatic carbocycles. The molecule has 6 nitrogen and oxygen atoms in total. The van der Waals surface area contributed by atoms with Crippen LogP contribution in [0.5, 0.6) is 0 Å². The number of hydrogen-bond donors (Lipinski definition) is 0. The first-order valence-corrected chi connectivity index (χ1v) is 9.67. The number of amides is 1. The molecule has 3 rings (SSSR count). The van der Waals surface area contributed by atoms with Crippen LogP contribution in [0.1, 0.15) is 48.4 Å². The Labute approximate surface area is 153 Å². The largest absolute Gasteiger partial charge is 0.336 e. The molecule has 0 atom stereocenters. The zero-order valence-corrected chi connectivity index (χ0v) is 16.3. The van der Waals surface area contributed by atoms with Gasteiger partial charge in [-0.2, -0.15) is 5.10 Å². The predicted molar refractivity (Wildman–Crippen MR) is 99.8 cm³/mol. The van der Waals surface area contributed by atoms with Gasteiger partial charge >= 0.3 is 0 Å². The van der Waals surface area contributed by atoms with Crippen LogP contribution in [0.3, 0.4) is 0 Å². The first-order chi connectivity index (χ1) is 11.8. The Hall–Kier alpha value is -1.73. The Kier molecular flexibility index (Phi) is 5.24. The van der Waals surface area contributed by atoms with Crippen LogP contribution in [-0.2, 0) is 19.0 Å². The Morgan fingerprint density at radius 2 is 2.04 bits per heavy atom. The lowest BCUT2D eigenvalue weighted by Crippen LogP contribution is -2.36. The molecule has 0 aromatic carbocycles. The Bertz CT molecular complexity index is 730. The van der Waals surface area contributed by atoms with Gasteiger partial charge < -0.3 is 4.90 Å². The van der Waals surface area contributed by atoms with Crippen LogP contribution in [0.25, 0.3) is 0 Å². The number of thiazole rings is 1. The van der Waals surface area contributed by atoms with Gasteiger partial charge in [-0.15, -0.1) is 11.3 Å². The standard InChI is InChI=1S/C18H27N5OS/c1-18(2,3)17-20-14(13-25-17)12-22-8-5-9-23(11-10-22)16(24)15-6-7-19-21(15)4/h6-7,13H,5,8-12H2,1-4H3. The minimum atomic E-state index is 0.0746. The summed E-state index contributed by atoms with van der Waals surface area (Å²) in [6.45, 7) is 10.9. The van der Waals surface area contributed by atoms with Crippen molar-refractivity contribution in [2.75, 3.05) is 26.2 Å². The molecule has 25 heavy (non-hydrogen) atoms. The quantitative estimate of drug-likeness (QED) is 0.843. The fourth-order valence-electron chi connectivity index (χ4n) is 3.03. The second kappa shape index (κ2) is 7.25. The fraction of sp³-hybridized carbons (Fsp3) is 0.611. The number of rotatable bonds is 3. The van der Waals surface area contributed by atoms with E-state index in [2.05, 4.69) is 36.1 Å². The Balaban J connectivity index is 1.59. The zero-order chi connectivity index (χ0) is 18.0. The van der Waals surface area contributed by atoms with E-state index in [-0.39, 0.29) is 11.3 Å². The maximum absolute atomic E-state index is 12.6. The summed E-state index contributed by atoms with van der Waals surface area (Å²) in [6.07, 6.45) is 2.66. The lowest BCUT2D eigenvalue weighted by molar-refractivity contribution is 0.0750. The average molecular weight is 362 g/mol. The molecule has 0 N–H and O–H groups in total. The maximum atomic E-state index is 12.6. The van der Waals surface area contributed by atoms with Gasteiger partial charge in [-0.25, -0.2) is 4.98 Å². The Morgan fingerprint density at radius 1 is 1.24 bits per heavy atom. The molecule has 0 spiro atoms. The van der Waals surface area contributed by atoms with E-state index < -0.39 is 0 Å². The third kappa shape index (κ3) is 4.27. The third-order valence-electron chi connectivity index (χ3n) is 4.49. The second-order valence-electron chi connectivity index (χ2n) is 7.66. The van der Waals surface area contributed by atoms with Crippen molar-refractivity contribution in [2.45, 2.75) is 39.2 Å². The highest BCUT2D eigenvalue weighted by atomic mass is 32.1. The summed E-state index contributed by atoms with van der Waals surface area (Å²) in [7, 11) is 1.81. The van der Waals surface area contributed by atoms with Crippen LogP contribution in [0.2, 0.25) is 0 Å². The summed E-state index contributed by atoms with van der Waals surface area (Å²) in [4.78, 5) is 21.8. The number of carbonyl (C=O) groups excluding carboxylic acids is 1. The summed E-state index contributed by atoms with van der Waals surface area (Å²) in [5.74, 6) is 0.0746. The molecule has 0 unspecified atom stereocenters. The summed E-state index contributed by atoms with van der Waals surface area (Å²) < 4.78 is 1.65. The van der Waals surface area contributed by atoms with Crippen molar-refractivity contribution < 1.29 is 4.79 Å². The average Bonchev–Trinajstić information content (AvgIpc) is 3.11. The van der Waals surface area contributed by atoms with Crippen LogP contribution >= 0.6 is 11.3 Å². The SMILES string of the molecule is Cn1nccc1C(=O)N1CCCN(Cc2csc(C(C)(C)C)n2)CC1. The van der Waals surface area contributed by atoms with E-state index >= 15 is 0 Å². The van der Waals surface area contributed by atoms with E-state index in [0.717, 1.165) is 44.8 Å². The number of aryl methyl sites for hydroxylation is 1. The molecule has 0 bridgehead atoms. The fourth-order valence-corrected chi connectivity index (χ4v) is 3.93. The van der Waals surface area contributed by atoms with Crippen LogP contribution < -0.4 is 0 Å². The van der Waals surface area contributed by atoms with E-state index in [9.17, 15) is 4.79 Å². The van der Waals surface area contributed by atoms with E-state index in [1.165, 1.54) is 5.01 Å². The lowest BCUT2D eigenvalue weighted by atomic mass is 9.98. The van der Waals surface area contributed by atoms with Crippen molar-refractivity contribution in [1.29, 1.82) is 0 Å². The molecular weight excluding hydrogens is 334 g/mol. The molecular formula is C18H27N5OS. The van der Waals surface area contributed by atoms with Crippen LogP contribution in [0.4, 0.5) is 0 Å². The lowest BCUT2D eigenvalue weighted by Gasteiger charge is -2.21. The van der Waals surface area contributed by atoms with Gasteiger partial charge in [0.2, 0.25) is 0 Å². The molecule has 2 aromatic heterocycles. The van der Waals surface area contributed by atoms with Crippen LogP contribution in [-0.4, -0.2) is 56.7 Å².